The molecular formula is C18H16F2N2. The van der Waals surface area contributed by atoms with Crippen molar-refractivity contribution >= 4 is 0 Å². The molecule has 0 unspecified atom stereocenters. The fraction of sp³-hybridized carbons (Fsp3) is 0.167. The van der Waals surface area contributed by atoms with Gasteiger partial charge in [0.1, 0.15) is 11.6 Å². The van der Waals surface area contributed by atoms with Crippen molar-refractivity contribution in [3.8, 4) is 0 Å². The minimum absolute atomic E-state index is 0.0867. The van der Waals surface area contributed by atoms with Crippen LogP contribution < -0.4 is 0 Å². The van der Waals surface area contributed by atoms with E-state index in [0.717, 1.165) is 24.1 Å². The van der Waals surface area contributed by atoms with Gasteiger partial charge in [-0.05, 0) is 41.8 Å². The summed E-state index contributed by atoms with van der Waals surface area (Å²) in [5.41, 5.74) is 2.04. The van der Waals surface area contributed by atoms with Gasteiger partial charge in [-0.15, -0.1) is 0 Å². The Morgan fingerprint density at radius 3 is 1.86 bits per heavy atom. The third-order valence-electron chi connectivity index (χ3n) is 3.78. The molecule has 22 heavy (non-hydrogen) atoms. The van der Waals surface area contributed by atoms with E-state index in [-0.39, 0.29) is 17.6 Å². The van der Waals surface area contributed by atoms with Gasteiger partial charge in [-0.3, -0.25) is 0 Å². The molecule has 0 aliphatic rings. The zero-order chi connectivity index (χ0) is 15.4. The van der Waals surface area contributed by atoms with Crippen LogP contribution in [0.5, 0.6) is 0 Å². The average Bonchev–Trinajstić information content (AvgIpc) is 3.04. The number of hydrogen-bond donors (Lipinski definition) is 0. The van der Waals surface area contributed by atoms with E-state index in [4.69, 9.17) is 0 Å². The van der Waals surface area contributed by atoms with Gasteiger partial charge < -0.3 is 4.57 Å². The predicted octanol–water partition coefficient (Wildman–Crippen LogP) is 4.38. The molecule has 0 N–H and O–H groups in total. The van der Waals surface area contributed by atoms with Crippen molar-refractivity contribution < 1.29 is 8.78 Å². The predicted molar refractivity (Wildman–Crippen MR) is 81.5 cm³/mol. The molecule has 0 fully saturated rings. The Hall–Kier alpha value is -2.49. The van der Waals surface area contributed by atoms with Gasteiger partial charge in [0.25, 0.3) is 0 Å². The Labute approximate surface area is 128 Å². The summed E-state index contributed by atoms with van der Waals surface area (Å²) < 4.78 is 28.3. The lowest BCUT2D eigenvalue weighted by Gasteiger charge is -2.18. The molecule has 3 rings (SSSR count). The average molecular weight is 298 g/mol. The van der Waals surface area contributed by atoms with Crippen LogP contribution in [-0.2, 0) is 6.54 Å². The van der Waals surface area contributed by atoms with Gasteiger partial charge in [-0.25, -0.2) is 13.8 Å². The zero-order valence-electron chi connectivity index (χ0n) is 12.0. The summed E-state index contributed by atoms with van der Waals surface area (Å²) in [7, 11) is 0. The first-order chi connectivity index (χ1) is 10.7. The smallest absolute Gasteiger partial charge is 0.123 e. The molecule has 0 aliphatic heterocycles. The van der Waals surface area contributed by atoms with Gasteiger partial charge in [0.15, 0.2) is 0 Å². The summed E-state index contributed by atoms with van der Waals surface area (Å²) in [6.07, 6.45) is 6.25. The number of rotatable bonds is 5. The highest BCUT2D eigenvalue weighted by atomic mass is 19.1. The molecule has 112 valence electrons. The molecule has 1 heterocycles. The molecule has 0 saturated carbocycles. The third kappa shape index (κ3) is 3.39. The Bertz CT molecular complexity index is 658. The molecule has 2 nitrogen and oxygen atoms in total. The SMILES string of the molecule is Fc1ccc(C(CCn2ccnc2)c2ccc(F)cc2)cc1. The van der Waals surface area contributed by atoms with Crippen LogP contribution >= 0.6 is 0 Å². The lowest BCUT2D eigenvalue weighted by Crippen LogP contribution is -2.06. The maximum atomic E-state index is 13.2. The molecular weight excluding hydrogens is 282 g/mol. The van der Waals surface area contributed by atoms with Gasteiger partial charge in [0.05, 0.1) is 6.33 Å². The van der Waals surface area contributed by atoms with Gasteiger partial charge >= 0.3 is 0 Å². The van der Waals surface area contributed by atoms with E-state index in [1.54, 1.807) is 36.8 Å². The number of imidazole rings is 1. The quantitative estimate of drug-likeness (QED) is 0.683. The summed E-state index contributed by atoms with van der Waals surface area (Å²) in [5.74, 6) is -0.420. The number of aromatic nitrogens is 2. The molecule has 0 saturated heterocycles. The van der Waals surface area contributed by atoms with Crippen LogP contribution in [0.3, 0.4) is 0 Å². The lowest BCUT2D eigenvalue weighted by molar-refractivity contribution is 0.588. The number of halogens is 2. The number of benzene rings is 2. The van der Waals surface area contributed by atoms with Crippen LogP contribution in [0, 0.1) is 11.6 Å². The molecule has 0 aliphatic carbocycles. The van der Waals surface area contributed by atoms with E-state index in [9.17, 15) is 8.78 Å². The van der Waals surface area contributed by atoms with Gasteiger partial charge in [0.2, 0.25) is 0 Å². The second-order valence-electron chi connectivity index (χ2n) is 5.24. The Morgan fingerprint density at radius 2 is 1.41 bits per heavy atom. The third-order valence-corrected chi connectivity index (χ3v) is 3.78. The summed E-state index contributed by atoms with van der Waals surface area (Å²) in [4.78, 5) is 4.03. The topological polar surface area (TPSA) is 17.8 Å². The molecule has 1 aromatic heterocycles. The van der Waals surface area contributed by atoms with E-state index in [1.807, 2.05) is 10.8 Å². The molecule has 2 aromatic carbocycles. The first-order valence-electron chi connectivity index (χ1n) is 7.19. The Kier molecular flexibility index (Phi) is 4.28. The maximum Gasteiger partial charge on any atom is 0.123 e. The van der Waals surface area contributed by atoms with Crippen LogP contribution in [0.15, 0.2) is 67.3 Å². The minimum atomic E-state index is -0.254. The van der Waals surface area contributed by atoms with Crippen LogP contribution in [0.25, 0.3) is 0 Å². The monoisotopic (exact) mass is 298 g/mol. The van der Waals surface area contributed by atoms with Crippen molar-refractivity contribution in [2.45, 2.75) is 18.9 Å². The molecule has 0 bridgehead atoms. The highest BCUT2D eigenvalue weighted by Crippen LogP contribution is 2.29. The van der Waals surface area contributed by atoms with E-state index < -0.39 is 0 Å². The normalized spacial score (nSPS) is 11.0. The highest BCUT2D eigenvalue weighted by Gasteiger charge is 2.14. The molecule has 0 spiro atoms. The molecule has 0 atom stereocenters. The van der Waals surface area contributed by atoms with E-state index in [2.05, 4.69) is 4.98 Å². The molecule has 0 radical (unpaired) electrons. The van der Waals surface area contributed by atoms with Crippen LogP contribution in [0.2, 0.25) is 0 Å². The van der Waals surface area contributed by atoms with Crippen molar-refractivity contribution in [3.63, 3.8) is 0 Å². The molecule has 3 aromatic rings. The zero-order valence-corrected chi connectivity index (χ0v) is 12.0. The standard InChI is InChI=1S/C18H16F2N2/c19-16-5-1-14(2-6-16)18(9-11-22-12-10-21-13-22)15-3-7-17(20)8-4-15/h1-8,10,12-13,18H,9,11H2. The van der Waals surface area contributed by atoms with Gasteiger partial charge in [-0.2, -0.15) is 0 Å². The van der Waals surface area contributed by atoms with Crippen molar-refractivity contribution in [2.24, 2.45) is 0 Å². The number of nitrogens with zero attached hydrogens (tertiary/aromatic N) is 2. The second-order valence-corrected chi connectivity index (χ2v) is 5.24. The van der Waals surface area contributed by atoms with Gasteiger partial charge in [-0.1, -0.05) is 24.3 Å². The molecule has 0 amide bonds. The molecule has 4 heteroatoms. The fourth-order valence-electron chi connectivity index (χ4n) is 2.61. The van der Waals surface area contributed by atoms with Crippen molar-refractivity contribution in [2.75, 3.05) is 0 Å². The first kappa shape index (κ1) is 14.4. The van der Waals surface area contributed by atoms with Crippen molar-refractivity contribution in [1.82, 2.24) is 9.55 Å². The summed E-state index contributed by atoms with van der Waals surface area (Å²) >= 11 is 0. The number of aryl methyl sites for hydroxylation is 1. The summed E-state index contributed by atoms with van der Waals surface area (Å²) in [6.45, 7) is 0.791. The largest absolute Gasteiger partial charge is 0.337 e. The fourth-order valence-corrected chi connectivity index (χ4v) is 2.61. The van der Waals surface area contributed by atoms with Crippen LogP contribution in [0.1, 0.15) is 23.5 Å². The lowest BCUT2D eigenvalue weighted by atomic mass is 9.88. The summed E-state index contributed by atoms with van der Waals surface area (Å²) in [6, 6.07) is 13.0. The van der Waals surface area contributed by atoms with Crippen LogP contribution in [0.4, 0.5) is 8.78 Å². The Balaban J connectivity index is 1.87. The van der Waals surface area contributed by atoms with E-state index >= 15 is 0 Å². The first-order valence-corrected chi connectivity index (χ1v) is 7.19. The van der Waals surface area contributed by atoms with Crippen molar-refractivity contribution in [3.05, 3.63) is 90.0 Å². The van der Waals surface area contributed by atoms with E-state index in [0.29, 0.717) is 0 Å². The summed E-state index contributed by atoms with van der Waals surface area (Å²) in [5, 5.41) is 0. The van der Waals surface area contributed by atoms with Gasteiger partial charge in [0, 0.05) is 24.9 Å². The maximum absolute atomic E-state index is 13.2. The highest BCUT2D eigenvalue weighted by molar-refractivity contribution is 5.32. The van der Waals surface area contributed by atoms with Crippen molar-refractivity contribution in [1.29, 1.82) is 0 Å². The van der Waals surface area contributed by atoms with E-state index in [1.165, 1.54) is 24.3 Å². The Morgan fingerprint density at radius 1 is 0.864 bits per heavy atom. The second kappa shape index (κ2) is 6.52. The van der Waals surface area contributed by atoms with Crippen LogP contribution in [-0.4, -0.2) is 9.55 Å². The number of hydrogen-bond acceptors (Lipinski definition) is 1. The minimum Gasteiger partial charge on any atom is -0.337 e.